The van der Waals surface area contributed by atoms with E-state index in [1.165, 1.54) is 30.3 Å². The molecule has 8 aliphatic heterocycles. The fraction of sp³-hybridized carbons (Fsp3) is 0.420. The van der Waals surface area contributed by atoms with Crippen molar-refractivity contribution in [3.8, 4) is 80.1 Å². The normalized spacial score (nSPS) is 25.5. The Labute approximate surface area is 751 Å². The minimum absolute atomic E-state index is 0.0526. The summed E-state index contributed by atoms with van der Waals surface area (Å²) in [5.74, 6) is -19.0. The number of hydrogen-bond donors (Lipinski definition) is 20. The molecule has 0 unspecified atom stereocenters. The highest BCUT2D eigenvalue weighted by molar-refractivity contribution is 6.33. The molecule has 2 fully saturated rings. The smallest absolute Gasteiger partial charge is 0.335 e. The summed E-state index contributed by atoms with van der Waals surface area (Å²) in [6.07, 6.45) is -13.9. The fourth-order valence-electron chi connectivity index (χ4n) is 16.1. The summed E-state index contributed by atoms with van der Waals surface area (Å²) in [4.78, 5) is 153. The van der Waals surface area contributed by atoms with Gasteiger partial charge in [-0.05, 0) is 140 Å². The highest BCUT2D eigenvalue weighted by atomic mass is 35.5. The van der Waals surface area contributed by atoms with Gasteiger partial charge in [-0.2, -0.15) is 0 Å². The predicted molar refractivity (Wildman–Crippen MR) is 457 cm³/mol. The van der Waals surface area contributed by atoms with Gasteiger partial charge >= 0.3 is 5.97 Å². The molecule has 42 heteroatoms. The fourth-order valence-corrected chi connectivity index (χ4v) is 16.5. The maximum Gasteiger partial charge on any atom is 0.335 e. The van der Waals surface area contributed by atoms with E-state index >= 15 is 28.8 Å². The number of aliphatic hydroxyl groups is 7. The number of phenolic OH excluding ortho intramolecular Hbond substituents is 4. The van der Waals surface area contributed by atoms with Gasteiger partial charge < -0.3 is 142 Å². The topological polar surface area (TPSA) is 593 Å². The number of amides is 8. The second-order valence-corrected chi connectivity index (χ2v) is 33.3. The SMILES string of the molecule is CCCCCCCCCCCC(=O)N[C@H]1[C@H](Oc2c3cc4cc2Oc2ccc(cc2Cl)[C@@H](O)[C@@H]2NC(=O)[C@@H](NC(=O)[C@@H]4NC(=O)[C@@H]4NC(=O)[C@@H](Cc5ccc(cc5)O3)NC(=O)[C@H](N(C)N=O)c3ccc(O)c(c3)Oc3cc(O)c(Cl)c4c3)c3ccc(O)c(c3)-c3c(O[C@@H]4O[C@H](CO)[C@H](O)[C@H](O)[C@@H]4O)cc(O)cc3[C@@H](C(=O)NCCCN(C)C)NC2=O)O[C@@H](C(=O)O)[C@@H](O)[C@@H]1O. The molecule has 40 nitrogen and oxygen atoms in total. The Morgan fingerprint density at radius 3 is 1.88 bits per heavy atom. The number of fused-ring (bicyclic) bond motifs is 14. The van der Waals surface area contributed by atoms with E-state index in [9.17, 15) is 80.6 Å². The number of benzene rings is 7. The number of halogens is 2. The molecule has 0 aromatic heterocycles. The minimum Gasteiger partial charge on any atom is -0.508 e. The summed E-state index contributed by atoms with van der Waals surface area (Å²) in [5.41, 5.74) is -3.15. The Bertz CT molecular complexity index is 5420. The number of carboxylic acids is 1. The van der Waals surface area contributed by atoms with Crippen LogP contribution in [-0.4, -0.2) is 239 Å². The number of likely N-dealkylation sites (N-methyl/N-ethyl adjacent to an activating group) is 1. The Hall–Kier alpha value is -12.5. The lowest BCUT2D eigenvalue weighted by atomic mass is 9.89. The molecule has 130 heavy (non-hydrogen) atoms. The Kier molecular flexibility index (Phi) is 30.4. The van der Waals surface area contributed by atoms with E-state index in [1.807, 2.05) is 0 Å². The Balaban J connectivity index is 1.04. The molecule has 0 saturated carbocycles. The summed E-state index contributed by atoms with van der Waals surface area (Å²) in [6, 6.07) is 4.07. The number of hydrogen-bond acceptors (Lipinski definition) is 30. The molecule has 694 valence electrons. The molecule has 18 atom stereocenters. The van der Waals surface area contributed by atoms with Crippen molar-refractivity contribution >= 4 is 76.4 Å². The van der Waals surface area contributed by atoms with Crippen LogP contribution in [0.4, 0.5) is 0 Å². The largest absolute Gasteiger partial charge is 0.508 e. The lowest BCUT2D eigenvalue weighted by Gasteiger charge is -2.41. The third-order valence-electron chi connectivity index (χ3n) is 23.0. The van der Waals surface area contributed by atoms with Gasteiger partial charge in [-0.3, -0.25) is 38.4 Å². The van der Waals surface area contributed by atoms with Crippen LogP contribution < -0.4 is 66.2 Å². The number of unbranched alkanes of at least 4 members (excludes halogenated alkanes) is 8. The van der Waals surface area contributed by atoms with Crippen molar-refractivity contribution in [2.75, 3.05) is 40.8 Å². The van der Waals surface area contributed by atoms with Crippen LogP contribution in [0.3, 0.4) is 0 Å². The van der Waals surface area contributed by atoms with E-state index in [1.54, 1.807) is 19.0 Å². The molecular formula is C88H99Cl2N11O29. The minimum atomic E-state index is -2.49. The van der Waals surface area contributed by atoms with E-state index in [-0.39, 0.29) is 41.8 Å². The number of nitroso groups, excluding NO2 is 1. The van der Waals surface area contributed by atoms with Crippen molar-refractivity contribution in [3.63, 3.8) is 0 Å². The first kappa shape index (κ1) is 95.1. The first-order valence-electron chi connectivity index (χ1n) is 41.9. The molecule has 8 heterocycles. The van der Waals surface area contributed by atoms with Gasteiger partial charge in [0.1, 0.15) is 125 Å². The first-order chi connectivity index (χ1) is 62.1. The number of phenols is 4. The van der Waals surface area contributed by atoms with E-state index in [0.717, 1.165) is 137 Å². The number of aliphatic carboxylic acids is 1. The van der Waals surface area contributed by atoms with Crippen LogP contribution in [0.2, 0.25) is 10.0 Å². The van der Waals surface area contributed by atoms with Gasteiger partial charge in [0.15, 0.2) is 35.1 Å². The number of aromatic hydroxyl groups is 4. The van der Waals surface area contributed by atoms with Gasteiger partial charge in [0.2, 0.25) is 65.6 Å². The maximum atomic E-state index is 16.9. The van der Waals surface area contributed by atoms with Gasteiger partial charge in [0.05, 0.1) is 21.9 Å². The van der Waals surface area contributed by atoms with Gasteiger partial charge in [-0.15, -0.1) is 4.91 Å². The zero-order chi connectivity index (χ0) is 93.4. The Morgan fingerprint density at radius 2 is 1.19 bits per heavy atom. The molecule has 0 aliphatic carbocycles. The number of aliphatic hydroxyl groups excluding tert-OH is 7. The number of rotatable bonds is 24. The van der Waals surface area contributed by atoms with Crippen molar-refractivity contribution in [1.82, 2.24) is 52.4 Å². The summed E-state index contributed by atoms with van der Waals surface area (Å²) in [6.45, 7) is 1.42. The molecule has 2 saturated heterocycles. The highest BCUT2D eigenvalue weighted by Crippen LogP contribution is 2.51. The average Bonchev–Trinajstić information content (AvgIpc) is 0.756. The average molecular weight is 1850 g/mol. The molecule has 20 N–H and O–H groups in total. The molecule has 0 spiro atoms. The van der Waals surface area contributed by atoms with Crippen LogP contribution >= 0.6 is 23.2 Å². The molecule has 15 rings (SSSR count). The van der Waals surface area contributed by atoms with E-state index < -0.39 is 283 Å². The van der Waals surface area contributed by atoms with E-state index in [4.69, 9.17) is 56.4 Å². The summed E-state index contributed by atoms with van der Waals surface area (Å²) in [7, 11) is 4.64. The lowest BCUT2D eigenvalue weighted by molar-refractivity contribution is -0.277. The molecule has 7 aromatic rings. The monoisotopic (exact) mass is 1840 g/mol. The van der Waals surface area contributed by atoms with Crippen molar-refractivity contribution in [3.05, 3.63) is 169 Å². The maximum absolute atomic E-state index is 16.9. The van der Waals surface area contributed by atoms with Crippen molar-refractivity contribution < 1.29 is 138 Å². The molecule has 8 amide bonds. The number of nitrogens with zero attached hydrogens (tertiary/aromatic N) is 3. The molecule has 8 aliphatic rings. The van der Waals surface area contributed by atoms with E-state index in [0.29, 0.717) is 24.4 Å². The van der Waals surface area contributed by atoms with E-state index in [2.05, 4.69) is 54.7 Å². The van der Waals surface area contributed by atoms with Crippen LogP contribution in [0.1, 0.15) is 153 Å². The van der Waals surface area contributed by atoms with Gasteiger partial charge in [0, 0.05) is 55.3 Å². The molecular weight excluding hydrogens is 1750 g/mol. The first-order valence-corrected chi connectivity index (χ1v) is 42.7. The van der Waals surface area contributed by atoms with Crippen LogP contribution in [-0.2, 0) is 59.0 Å². The predicted octanol–water partition coefficient (Wildman–Crippen LogP) is 4.71. The van der Waals surface area contributed by atoms with Crippen molar-refractivity contribution in [1.29, 1.82) is 0 Å². The molecule has 17 bridgehead atoms. The zero-order valence-electron chi connectivity index (χ0n) is 70.4. The number of nitrogens with one attached hydrogen (secondary N) is 8. The second kappa shape index (κ2) is 41.5. The zero-order valence-corrected chi connectivity index (χ0v) is 71.9. The quantitative estimate of drug-likeness (QED) is 0.0221. The van der Waals surface area contributed by atoms with Crippen LogP contribution in [0.5, 0.6) is 69.0 Å². The number of carbonyl (C=O) groups excluding carboxylic acids is 8. The van der Waals surface area contributed by atoms with Crippen LogP contribution in [0.15, 0.2) is 121 Å². The number of carboxylic acid groups (broad SMARTS) is 1. The summed E-state index contributed by atoms with van der Waals surface area (Å²) >= 11 is 14.3. The van der Waals surface area contributed by atoms with Crippen molar-refractivity contribution in [2.24, 2.45) is 5.29 Å². The standard InChI is InChI=1S/C88H99Cl2N11O29/c1-5-6-7-8-9-10-11-12-13-15-61(107)93-69-73(110)75(112)78(86(121)122)130-87(69)129-77-58-32-43-33-59(77)126-55-25-20-42(30-50(55)89)71(108)68-84(119)97-66(80(115)91-26-14-27-100(2)3)48-34-44(103)35-57(127-88-76(113)74(111)72(109)60(38-102)128-88)62(48)47-29-40(18-23-52(47)104)64(81(116)98-68)94-82(117)65(43)95-83(118)67-49-36-46(37-54(106)63(49)90)125-56-31-41(19-24-53(56)105)70(101(4)99-123)85(120)92-51(79(114)96-67)28-39-16-21-45(124-58)22-17-39/h16-25,29-37,51,60,64-76,78,87-88,102-106,108-113H,5-15,26-28,38H2,1-4H3,(H,91,115)(H,92,120)(H,93,107)(H,94,117)(H,95,118)(H,96,114)(H,97,119)(H,98,116)(H,121,122)/t51-,60-,64+,65-,66+,67-,68+,69-,70-,71-,72+,73-,74+,75+,76+,78-,87-,88-/m1/s1. The summed E-state index contributed by atoms with van der Waals surface area (Å²) in [5, 5.41) is 162. The Morgan fingerprint density at radius 1 is 0.554 bits per heavy atom. The van der Waals surface area contributed by atoms with Gasteiger partial charge in [-0.1, -0.05) is 112 Å². The van der Waals surface area contributed by atoms with Gasteiger partial charge in [-0.25, -0.2) is 9.80 Å². The third-order valence-corrected chi connectivity index (χ3v) is 23.7. The van der Waals surface area contributed by atoms with Crippen LogP contribution in [0.25, 0.3) is 11.1 Å². The lowest BCUT2D eigenvalue weighted by Crippen LogP contribution is -2.66. The highest BCUT2D eigenvalue weighted by Gasteiger charge is 2.52. The third kappa shape index (κ3) is 21.3. The number of ether oxygens (including phenoxy) is 7. The molecule has 0 radical (unpaired) electrons. The second-order valence-electron chi connectivity index (χ2n) is 32.6. The van der Waals surface area contributed by atoms with Gasteiger partial charge in [0.25, 0.3) is 0 Å². The van der Waals surface area contributed by atoms with Crippen LogP contribution in [0, 0.1) is 4.91 Å². The number of carbonyl (C=O) groups is 9. The van der Waals surface area contributed by atoms with Crippen molar-refractivity contribution in [2.45, 2.75) is 194 Å². The molecule has 7 aromatic carbocycles. The summed E-state index contributed by atoms with van der Waals surface area (Å²) < 4.78 is 44.4.